The molecule has 0 amide bonds. The zero-order valence-corrected chi connectivity index (χ0v) is 9.19. The van der Waals surface area contributed by atoms with Gasteiger partial charge in [0.1, 0.15) is 5.75 Å². The number of rotatable bonds is 1. The first kappa shape index (κ1) is 9.70. The summed E-state index contributed by atoms with van der Waals surface area (Å²) < 4.78 is 4.80. The predicted octanol–water partition coefficient (Wildman–Crippen LogP) is 1.77. The number of ether oxygens (including phenoxy) is 1. The van der Waals surface area contributed by atoms with E-state index in [1.54, 1.807) is 6.07 Å². The number of carbonyl (C=O) groups is 1. The maximum Gasteiger partial charge on any atom is 0.309 e. The molecule has 2 atom stereocenters. The number of hydrogen-bond acceptors (Lipinski definition) is 3. The Morgan fingerprint density at radius 2 is 2.38 bits per heavy atom. The van der Waals surface area contributed by atoms with E-state index in [0.29, 0.717) is 0 Å². The molecule has 1 fully saturated rings. The summed E-state index contributed by atoms with van der Waals surface area (Å²) in [5, 5.41) is 9.52. The lowest BCUT2D eigenvalue weighted by Gasteiger charge is -2.10. The summed E-state index contributed by atoms with van der Waals surface area (Å²) in [5.74, 6) is 0.173. The minimum Gasteiger partial charge on any atom is -0.508 e. The highest BCUT2D eigenvalue weighted by Gasteiger charge is 2.62. The van der Waals surface area contributed by atoms with Crippen molar-refractivity contribution in [2.45, 2.75) is 24.7 Å². The SMILES string of the molecule is COC(=O)C1CC12CCc1ccc(O)cc12. The first-order chi connectivity index (χ1) is 7.67. The van der Waals surface area contributed by atoms with Gasteiger partial charge in [0.05, 0.1) is 13.0 Å². The van der Waals surface area contributed by atoms with Crippen molar-refractivity contribution in [1.82, 2.24) is 0 Å². The van der Waals surface area contributed by atoms with Crippen molar-refractivity contribution < 1.29 is 14.6 Å². The Kier molecular flexibility index (Phi) is 1.82. The molecule has 2 aliphatic carbocycles. The zero-order valence-electron chi connectivity index (χ0n) is 9.19. The first-order valence-corrected chi connectivity index (χ1v) is 5.57. The van der Waals surface area contributed by atoms with Gasteiger partial charge in [0.2, 0.25) is 0 Å². The molecule has 0 radical (unpaired) electrons. The van der Waals surface area contributed by atoms with Crippen LogP contribution in [0.1, 0.15) is 24.0 Å². The fraction of sp³-hybridized carbons (Fsp3) is 0.462. The molecule has 2 aliphatic rings. The van der Waals surface area contributed by atoms with E-state index in [-0.39, 0.29) is 23.1 Å². The Balaban J connectivity index is 1.99. The zero-order chi connectivity index (χ0) is 11.3. The number of fused-ring (bicyclic) bond motifs is 2. The van der Waals surface area contributed by atoms with Crippen molar-refractivity contribution in [3.63, 3.8) is 0 Å². The topological polar surface area (TPSA) is 46.5 Å². The third kappa shape index (κ3) is 1.11. The number of aryl methyl sites for hydroxylation is 1. The lowest BCUT2D eigenvalue weighted by Crippen LogP contribution is -2.13. The molecular weight excluding hydrogens is 204 g/mol. The van der Waals surface area contributed by atoms with Gasteiger partial charge >= 0.3 is 5.97 Å². The average molecular weight is 218 g/mol. The first-order valence-electron chi connectivity index (χ1n) is 5.57. The maximum absolute atomic E-state index is 11.5. The standard InChI is InChI=1S/C13H14O3/c1-16-12(15)11-7-13(11)5-4-8-2-3-9(14)6-10(8)13/h2-3,6,11,14H,4-5,7H2,1H3. The highest BCUT2D eigenvalue weighted by atomic mass is 16.5. The number of hydrogen-bond donors (Lipinski definition) is 1. The third-order valence-electron chi connectivity index (χ3n) is 4.03. The van der Waals surface area contributed by atoms with Crippen LogP contribution in [0.15, 0.2) is 18.2 Å². The van der Waals surface area contributed by atoms with Crippen molar-refractivity contribution in [3.05, 3.63) is 29.3 Å². The van der Waals surface area contributed by atoms with Crippen LogP contribution in [0.2, 0.25) is 0 Å². The van der Waals surface area contributed by atoms with Gasteiger partial charge in [-0.1, -0.05) is 6.07 Å². The molecule has 1 N–H and O–H groups in total. The highest BCUT2D eigenvalue weighted by molar-refractivity contribution is 5.80. The fourth-order valence-corrected chi connectivity index (χ4v) is 3.07. The molecule has 84 valence electrons. The molecule has 0 aromatic heterocycles. The van der Waals surface area contributed by atoms with Crippen LogP contribution in [0.5, 0.6) is 5.75 Å². The van der Waals surface area contributed by atoms with Gasteiger partial charge in [0, 0.05) is 5.41 Å². The number of esters is 1. The molecule has 3 nitrogen and oxygen atoms in total. The van der Waals surface area contributed by atoms with Crippen LogP contribution in [0.3, 0.4) is 0 Å². The molecule has 16 heavy (non-hydrogen) atoms. The van der Waals surface area contributed by atoms with Crippen molar-refractivity contribution in [1.29, 1.82) is 0 Å². The van der Waals surface area contributed by atoms with Gasteiger partial charge < -0.3 is 9.84 Å². The van der Waals surface area contributed by atoms with Crippen LogP contribution < -0.4 is 0 Å². The predicted molar refractivity (Wildman–Crippen MR) is 58.2 cm³/mol. The number of phenols is 1. The van der Waals surface area contributed by atoms with Gasteiger partial charge in [-0.2, -0.15) is 0 Å². The third-order valence-corrected chi connectivity index (χ3v) is 4.03. The van der Waals surface area contributed by atoms with Gasteiger partial charge in [-0.05, 0) is 42.5 Å². The van der Waals surface area contributed by atoms with E-state index < -0.39 is 0 Å². The Morgan fingerprint density at radius 3 is 3.12 bits per heavy atom. The summed E-state index contributed by atoms with van der Waals surface area (Å²) in [7, 11) is 1.44. The highest BCUT2D eigenvalue weighted by Crippen LogP contribution is 2.62. The quantitative estimate of drug-likeness (QED) is 0.731. The van der Waals surface area contributed by atoms with Crippen LogP contribution in [-0.2, 0) is 21.4 Å². The number of benzene rings is 1. The van der Waals surface area contributed by atoms with E-state index in [4.69, 9.17) is 4.74 Å². The van der Waals surface area contributed by atoms with E-state index in [1.807, 2.05) is 12.1 Å². The molecular formula is C13H14O3. The van der Waals surface area contributed by atoms with Crippen molar-refractivity contribution in [3.8, 4) is 5.75 Å². The number of methoxy groups -OCH3 is 1. The Morgan fingerprint density at radius 1 is 1.56 bits per heavy atom. The molecule has 1 spiro atoms. The monoisotopic (exact) mass is 218 g/mol. The van der Waals surface area contributed by atoms with Gasteiger partial charge in [-0.25, -0.2) is 0 Å². The molecule has 2 unspecified atom stereocenters. The van der Waals surface area contributed by atoms with Gasteiger partial charge in [-0.15, -0.1) is 0 Å². The van der Waals surface area contributed by atoms with Crippen LogP contribution in [-0.4, -0.2) is 18.2 Å². The normalized spacial score (nSPS) is 30.2. The second-order valence-electron chi connectivity index (χ2n) is 4.78. The minimum absolute atomic E-state index is 0.000509. The van der Waals surface area contributed by atoms with E-state index in [2.05, 4.69) is 0 Å². The molecule has 0 heterocycles. The van der Waals surface area contributed by atoms with Crippen molar-refractivity contribution >= 4 is 5.97 Å². The Hall–Kier alpha value is -1.51. The summed E-state index contributed by atoms with van der Waals surface area (Å²) in [6.45, 7) is 0. The van der Waals surface area contributed by atoms with Crippen molar-refractivity contribution in [2.24, 2.45) is 5.92 Å². The summed E-state index contributed by atoms with van der Waals surface area (Å²) >= 11 is 0. The molecule has 0 saturated heterocycles. The second-order valence-corrected chi connectivity index (χ2v) is 4.78. The molecule has 3 heteroatoms. The lowest BCUT2D eigenvalue weighted by atomic mass is 9.95. The Bertz CT molecular complexity index is 466. The molecule has 3 rings (SSSR count). The van der Waals surface area contributed by atoms with E-state index in [0.717, 1.165) is 24.8 Å². The summed E-state index contributed by atoms with van der Waals surface area (Å²) in [6, 6.07) is 5.49. The van der Waals surface area contributed by atoms with E-state index in [9.17, 15) is 9.90 Å². The fourth-order valence-electron chi connectivity index (χ4n) is 3.07. The average Bonchev–Trinajstić information content (AvgIpc) is 2.91. The van der Waals surface area contributed by atoms with Crippen LogP contribution >= 0.6 is 0 Å². The number of carbonyl (C=O) groups excluding carboxylic acids is 1. The Labute approximate surface area is 94.0 Å². The maximum atomic E-state index is 11.5. The van der Waals surface area contributed by atoms with E-state index in [1.165, 1.54) is 12.7 Å². The van der Waals surface area contributed by atoms with Crippen LogP contribution in [0, 0.1) is 5.92 Å². The number of phenolic OH excluding ortho intramolecular Hbond substituents is 1. The van der Waals surface area contributed by atoms with Crippen LogP contribution in [0.4, 0.5) is 0 Å². The minimum atomic E-state index is -0.115. The smallest absolute Gasteiger partial charge is 0.309 e. The summed E-state index contributed by atoms with van der Waals surface area (Å²) in [5.41, 5.74) is 2.40. The molecule has 0 bridgehead atoms. The summed E-state index contributed by atoms with van der Waals surface area (Å²) in [4.78, 5) is 11.5. The molecule has 0 aliphatic heterocycles. The van der Waals surface area contributed by atoms with E-state index >= 15 is 0 Å². The molecule has 1 aromatic rings. The van der Waals surface area contributed by atoms with Gasteiger partial charge in [0.15, 0.2) is 0 Å². The largest absolute Gasteiger partial charge is 0.508 e. The summed E-state index contributed by atoms with van der Waals surface area (Å²) in [6.07, 6.45) is 2.88. The van der Waals surface area contributed by atoms with Gasteiger partial charge in [-0.3, -0.25) is 4.79 Å². The van der Waals surface area contributed by atoms with Crippen molar-refractivity contribution in [2.75, 3.05) is 7.11 Å². The lowest BCUT2D eigenvalue weighted by molar-refractivity contribution is -0.142. The number of aromatic hydroxyl groups is 1. The molecule has 1 aromatic carbocycles. The molecule has 1 saturated carbocycles. The second kappa shape index (κ2) is 3.00. The van der Waals surface area contributed by atoms with Crippen LogP contribution in [0.25, 0.3) is 0 Å². The van der Waals surface area contributed by atoms with Gasteiger partial charge in [0.25, 0.3) is 0 Å².